The zero-order chi connectivity index (χ0) is 38.7. The Hall–Kier alpha value is -5.04. The predicted molar refractivity (Wildman–Crippen MR) is 211 cm³/mol. The molecule has 1 aliphatic rings. The molecule has 0 saturated carbocycles. The van der Waals surface area contributed by atoms with Gasteiger partial charge in [0.25, 0.3) is 0 Å². The number of halogens is 2. The number of nitriles is 1. The molecule has 2 atom stereocenters. The average Bonchev–Trinajstić information content (AvgIpc) is 3.81. The van der Waals surface area contributed by atoms with Crippen molar-refractivity contribution in [3.8, 4) is 28.7 Å². The molecule has 13 nitrogen and oxygen atoms in total. The zero-order valence-corrected chi connectivity index (χ0v) is 32.3. The number of carboxylic acid groups (broad SMARTS) is 1. The third kappa shape index (κ3) is 10.2. The molecule has 0 spiro atoms. The summed E-state index contributed by atoms with van der Waals surface area (Å²) in [5.41, 5.74) is 5.53. The number of aliphatic carboxylic acids is 1. The molecule has 3 heterocycles. The quantitative estimate of drug-likeness (QED) is 0.0642. The van der Waals surface area contributed by atoms with Crippen LogP contribution in [-0.2, 0) is 35.9 Å². The van der Waals surface area contributed by atoms with E-state index in [2.05, 4.69) is 55.1 Å². The molecule has 0 bridgehead atoms. The first-order valence-corrected chi connectivity index (χ1v) is 19.1. The van der Waals surface area contributed by atoms with Gasteiger partial charge >= 0.3 is 5.97 Å². The van der Waals surface area contributed by atoms with Crippen LogP contribution in [0, 0.1) is 11.3 Å². The van der Waals surface area contributed by atoms with Crippen LogP contribution in [0.5, 0.6) is 11.5 Å². The van der Waals surface area contributed by atoms with Gasteiger partial charge in [-0.2, -0.15) is 10.4 Å². The third-order valence-corrected chi connectivity index (χ3v) is 10.6. The van der Waals surface area contributed by atoms with E-state index < -0.39 is 18.6 Å². The predicted octanol–water partition coefficient (Wildman–Crippen LogP) is 5.73. The van der Waals surface area contributed by atoms with Gasteiger partial charge in [-0.1, -0.05) is 41.9 Å². The van der Waals surface area contributed by atoms with E-state index in [1.54, 1.807) is 24.4 Å². The molecule has 0 unspecified atom stereocenters. The molecular formula is C40H41BrClN7O6. The molecule has 6 rings (SSSR count). The molecule has 1 aliphatic heterocycles. The molecule has 0 radical (unpaired) electrons. The maximum atomic E-state index is 11.5. The smallest absolute Gasteiger partial charge is 0.323 e. The third-order valence-electron chi connectivity index (χ3n) is 9.34. The number of pyridine rings is 1. The Labute approximate surface area is 331 Å². The van der Waals surface area contributed by atoms with E-state index in [9.17, 15) is 25.1 Å². The normalized spacial score (nSPS) is 14.4. The van der Waals surface area contributed by atoms with E-state index in [0.29, 0.717) is 34.6 Å². The Balaban J connectivity index is 1.14. The van der Waals surface area contributed by atoms with Crippen molar-refractivity contribution in [1.82, 2.24) is 30.7 Å². The van der Waals surface area contributed by atoms with Crippen LogP contribution in [0.4, 0.5) is 0 Å². The molecule has 15 heteroatoms. The lowest BCUT2D eigenvalue weighted by Gasteiger charge is -2.18. The van der Waals surface area contributed by atoms with E-state index in [1.165, 1.54) is 6.20 Å². The average molecular weight is 831 g/mol. The summed E-state index contributed by atoms with van der Waals surface area (Å²) in [6, 6.07) is 18.2. The highest BCUT2D eigenvalue weighted by atomic mass is 79.9. The Bertz CT molecular complexity index is 2190. The standard InChI is InChI=1S/C40H41BrClN7O6/c41-39-27(5-3-7-31(39)30-6-4-8-35-32(30)21-47-49(35)12-2-1-11-44-20-29-9-10-38(51)48-29)24-55-37-15-36(54-23-26-13-25(16-43)17-45-18-26)28(14-33(37)42)19-46-34(22-50)40(52)53/h3-8,13-15,17-18,21,29,34,44,46,50H,1-2,9-12,19-20,22-24H2,(H,48,51)(H,52,53)/t29-,34-/m0/s1. The number of carbonyl (C=O) groups is 2. The molecule has 5 aromatic rings. The first kappa shape index (κ1) is 39.6. The van der Waals surface area contributed by atoms with Crippen molar-refractivity contribution in [2.75, 3.05) is 19.7 Å². The number of benzene rings is 3. The fourth-order valence-corrected chi connectivity index (χ4v) is 7.23. The number of aromatic nitrogens is 3. The number of aliphatic hydroxyl groups is 1. The number of aryl methyl sites for hydroxylation is 1. The molecule has 5 N–H and O–H groups in total. The first-order chi connectivity index (χ1) is 26.7. The van der Waals surface area contributed by atoms with E-state index in [-0.39, 0.29) is 36.7 Å². The van der Waals surface area contributed by atoms with Crippen LogP contribution in [0.2, 0.25) is 5.02 Å². The number of ether oxygens (including phenoxy) is 2. The maximum absolute atomic E-state index is 11.5. The number of rotatable bonds is 19. The highest BCUT2D eigenvalue weighted by Crippen LogP contribution is 2.38. The van der Waals surface area contributed by atoms with Crippen LogP contribution in [0.25, 0.3) is 22.0 Å². The van der Waals surface area contributed by atoms with Crippen molar-refractivity contribution in [3.63, 3.8) is 0 Å². The molecule has 0 aliphatic carbocycles. The molecule has 1 saturated heterocycles. The van der Waals surface area contributed by atoms with Crippen LogP contribution >= 0.6 is 27.5 Å². The number of fused-ring (bicyclic) bond motifs is 1. The van der Waals surface area contributed by atoms with Gasteiger partial charge in [0.15, 0.2) is 0 Å². The summed E-state index contributed by atoms with van der Waals surface area (Å²) in [5, 5.41) is 43.5. The van der Waals surface area contributed by atoms with Gasteiger partial charge in [-0.05, 0) is 71.1 Å². The van der Waals surface area contributed by atoms with Crippen molar-refractivity contribution < 1.29 is 29.3 Å². The minimum atomic E-state index is -1.19. The second-order valence-electron chi connectivity index (χ2n) is 13.2. The summed E-state index contributed by atoms with van der Waals surface area (Å²) in [4.78, 5) is 27.0. The summed E-state index contributed by atoms with van der Waals surface area (Å²) in [5.74, 6) is -0.330. The van der Waals surface area contributed by atoms with Crippen molar-refractivity contribution in [2.45, 2.75) is 64.1 Å². The van der Waals surface area contributed by atoms with Gasteiger partial charge in [0.05, 0.1) is 28.9 Å². The lowest BCUT2D eigenvalue weighted by molar-refractivity contribution is -0.140. The van der Waals surface area contributed by atoms with Gasteiger partial charge < -0.3 is 30.3 Å². The monoisotopic (exact) mass is 829 g/mol. The topological polar surface area (TPSA) is 184 Å². The van der Waals surface area contributed by atoms with Gasteiger partial charge in [0.1, 0.15) is 36.8 Å². The lowest BCUT2D eigenvalue weighted by Crippen LogP contribution is -2.39. The number of hydrogen-bond donors (Lipinski definition) is 5. The minimum Gasteiger partial charge on any atom is -0.488 e. The van der Waals surface area contributed by atoms with Gasteiger partial charge in [-0.25, -0.2) is 0 Å². The van der Waals surface area contributed by atoms with Gasteiger partial charge in [-0.3, -0.25) is 24.6 Å². The Morgan fingerprint density at radius 3 is 2.67 bits per heavy atom. The summed E-state index contributed by atoms with van der Waals surface area (Å²) in [6.07, 6.45) is 8.42. The molecular weight excluding hydrogens is 790 g/mol. The van der Waals surface area contributed by atoms with Gasteiger partial charge in [-0.15, -0.1) is 0 Å². The number of carbonyl (C=O) groups excluding carboxylic acids is 1. The second kappa shape index (κ2) is 19.0. The number of aliphatic hydroxyl groups excluding tert-OH is 1. The number of amides is 1. The molecule has 1 amide bonds. The first-order valence-electron chi connectivity index (χ1n) is 18.0. The summed E-state index contributed by atoms with van der Waals surface area (Å²) in [7, 11) is 0. The van der Waals surface area contributed by atoms with Crippen molar-refractivity contribution in [2.24, 2.45) is 0 Å². The van der Waals surface area contributed by atoms with Crippen LogP contribution in [0.3, 0.4) is 0 Å². The van der Waals surface area contributed by atoms with E-state index in [0.717, 1.165) is 71.0 Å². The Kier molecular flexibility index (Phi) is 13.7. The van der Waals surface area contributed by atoms with Gasteiger partial charge in [0.2, 0.25) is 5.91 Å². The number of nitrogens with one attached hydrogen (secondary N) is 3. The number of unbranched alkanes of at least 4 members (excludes halogenated alkanes) is 1. The molecule has 55 heavy (non-hydrogen) atoms. The molecule has 286 valence electrons. The fourth-order valence-electron chi connectivity index (χ4n) is 6.40. The SMILES string of the molecule is N#Cc1cncc(COc2cc(OCc3cccc(-c4cccc5c4cnn5CCCCNC[C@@H]4CCC(=O)N4)c3Br)c(Cl)cc2CN[C@@H](CO)C(=O)O)c1. The van der Waals surface area contributed by atoms with Crippen molar-refractivity contribution in [1.29, 1.82) is 5.26 Å². The molecule has 1 fully saturated rings. The number of nitrogens with zero attached hydrogens (tertiary/aromatic N) is 4. The van der Waals surface area contributed by atoms with Crippen LogP contribution in [0.15, 0.2) is 77.7 Å². The Morgan fingerprint density at radius 2 is 1.89 bits per heavy atom. The molecule has 3 aromatic carbocycles. The summed E-state index contributed by atoms with van der Waals surface area (Å²) < 4.78 is 15.3. The van der Waals surface area contributed by atoms with Crippen molar-refractivity contribution >= 4 is 50.3 Å². The maximum Gasteiger partial charge on any atom is 0.323 e. The van der Waals surface area contributed by atoms with E-state index in [1.807, 2.05) is 35.1 Å². The second-order valence-corrected chi connectivity index (χ2v) is 14.4. The summed E-state index contributed by atoms with van der Waals surface area (Å²) >= 11 is 10.5. The lowest BCUT2D eigenvalue weighted by atomic mass is 10.00. The van der Waals surface area contributed by atoms with Crippen LogP contribution in [-0.4, -0.2) is 68.6 Å². The van der Waals surface area contributed by atoms with E-state index in [4.69, 9.17) is 26.2 Å². The van der Waals surface area contributed by atoms with Crippen LogP contribution in [0.1, 0.15) is 47.9 Å². The number of carboxylic acids is 1. The summed E-state index contributed by atoms with van der Waals surface area (Å²) in [6.45, 7) is 2.16. The van der Waals surface area contributed by atoms with Crippen molar-refractivity contribution in [3.05, 3.63) is 105 Å². The highest BCUT2D eigenvalue weighted by molar-refractivity contribution is 9.10. The fraction of sp³-hybridized carbons (Fsp3) is 0.325. The van der Waals surface area contributed by atoms with E-state index >= 15 is 0 Å². The Morgan fingerprint density at radius 1 is 1.07 bits per heavy atom. The highest BCUT2D eigenvalue weighted by Gasteiger charge is 2.21. The van der Waals surface area contributed by atoms with Gasteiger partial charge in [0, 0.05) is 77.1 Å². The zero-order valence-electron chi connectivity index (χ0n) is 29.9. The molecule has 2 aromatic heterocycles. The largest absolute Gasteiger partial charge is 0.488 e. The minimum absolute atomic E-state index is 0.0403. The van der Waals surface area contributed by atoms with Crippen LogP contribution < -0.4 is 25.4 Å². The number of hydrogen-bond acceptors (Lipinski definition) is 10.